The van der Waals surface area contributed by atoms with Crippen molar-refractivity contribution in [3.63, 3.8) is 0 Å². The summed E-state index contributed by atoms with van der Waals surface area (Å²) in [4.78, 5) is 11.9. The van der Waals surface area contributed by atoms with Gasteiger partial charge in [-0.25, -0.2) is 0 Å². The van der Waals surface area contributed by atoms with Crippen molar-refractivity contribution in [2.45, 2.75) is 51.4 Å². The Morgan fingerprint density at radius 1 is 1.25 bits per heavy atom. The molecule has 0 aromatic carbocycles. The third kappa shape index (κ3) is 2.40. The normalized spacial score (nSPS) is 24.1. The molecule has 0 aliphatic heterocycles. The third-order valence-corrected chi connectivity index (χ3v) is 4.41. The highest BCUT2D eigenvalue weighted by atomic mass is 16.3. The highest BCUT2D eigenvalue weighted by Crippen LogP contribution is 2.40. The van der Waals surface area contributed by atoms with Crippen LogP contribution in [0.1, 0.15) is 51.4 Å². The molecule has 2 aliphatic carbocycles. The average molecular weight is 225 g/mol. The van der Waals surface area contributed by atoms with Gasteiger partial charge in [-0.2, -0.15) is 0 Å². The van der Waals surface area contributed by atoms with E-state index in [0.29, 0.717) is 0 Å². The molecule has 2 aliphatic rings. The molecule has 2 fully saturated rings. The Morgan fingerprint density at radius 2 is 1.94 bits per heavy atom. The number of rotatable bonds is 5. The largest absolute Gasteiger partial charge is 0.395 e. The lowest BCUT2D eigenvalue weighted by atomic mass is 9.68. The van der Waals surface area contributed by atoms with Gasteiger partial charge >= 0.3 is 0 Å². The van der Waals surface area contributed by atoms with E-state index in [9.17, 15) is 9.90 Å². The molecule has 2 saturated carbocycles. The van der Waals surface area contributed by atoms with E-state index in [1.165, 1.54) is 25.7 Å². The van der Waals surface area contributed by atoms with Crippen LogP contribution in [-0.4, -0.2) is 24.2 Å². The van der Waals surface area contributed by atoms with Crippen molar-refractivity contribution in [1.29, 1.82) is 0 Å². The first-order valence-electron chi connectivity index (χ1n) is 6.66. The van der Waals surface area contributed by atoms with E-state index < -0.39 is 5.41 Å². The monoisotopic (exact) mass is 225 g/mol. The standard InChI is InChI=1S/C13H23NO2/c15-10-13(7-3-8-13)12(16)14-9-6-11-4-1-2-5-11/h11,15H,1-10H2,(H,14,16). The summed E-state index contributed by atoms with van der Waals surface area (Å²) in [6.45, 7) is 0.813. The Hall–Kier alpha value is -0.570. The SMILES string of the molecule is O=C(NCCC1CCCC1)C1(CO)CCC1. The molecule has 92 valence electrons. The summed E-state index contributed by atoms with van der Waals surface area (Å²) in [5, 5.41) is 12.3. The van der Waals surface area contributed by atoms with Gasteiger partial charge in [-0.15, -0.1) is 0 Å². The highest BCUT2D eigenvalue weighted by molar-refractivity contribution is 5.83. The topological polar surface area (TPSA) is 49.3 Å². The van der Waals surface area contributed by atoms with Crippen LogP contribution in [0.2, 0.25) is 0 Å². The lowest BCUT2D eigenvalue weighted by molar-refractivity contribution is -0.139. The van der Waals surface area contributed by atoms with Crippen molar-refractivity contribution >= 4 is 5.91 Å². The molecule has 0 heterocycles. The zero-order chi connectivity index (χ0) is 11.4. The van der Waals surface area contributed by atoms with Crippen LogP contribution in [0.15, 0.2) is 0 Å². The molecule has 0 unspecified atom stereocenters. The zero-order valence-corrected chi connectivity index (χ0v) is 10.0. The second-order valence-corrected chi connectivity index (χ2v) is 5.49. The van der Waals surface area contributed by atoms with Crippen molar-refractivity contribution in [1.82, 2.24) is 5.32 Å². The van der Waals surface area contributed by atoms with E-state index in [1.54, 1.807) is 0 Å². The van der Waals surface area contributed by atoms with E-state index in [0.717, 1.165) is 38.1 Å². The lowest BCUT2D eigenvalue weighted by Gasteiger charge is -2.38. The summed E-state index contributed by atoms with van der Waals surface area (Å²) in [6, 6.07) is 0. The number of aliphatic hydroxyl groups excluding tert-OH is 1. The van der Waals surface area contributed by atoms with Gasteiger partial charge in [0.15, 0.2) is 0 Å². The summed E-state index contributed by atoms with van der Waals surface area (Å²) in [5.74, 6) is 0.908. The maximum atomic E-state index is 11.9. The van der Waals surface area contributed by atoms with Crippen LogP contribution >= 0.6 is 0 Å². The molecule has 0 spiro atoms. The quantitative estimate of drug-likeness (QED) is 0.750. The first kappa shape index (κ1) is 11.9. The van der Waals surface area contributed by atoms with Crippen LogP contribution in [0.3, 0.4) is 0 Å². The fourth-order valence-corrected chi connectivity index (χ4v) is 2.94. The van der Waals surface area contributed by atoms with E-state index in [2.05, 4.69) is 5.32 Å². The van der Waals surface area contributed by atoms with Gasteiger partial charge in [0, 0.05) is 6.54 Å². The molecule has 0 aromatic heterocycles. The molecule has 0 aromatic rings. The highest BCUT2D eigenvalue weighted by Gasteiger charge is 2.43. The van der Waals surface area contributed by atoms with Gasteiger partial charge in [-0.1, -0.05) is 32.1 Å². The van der Waals surface area contributed by atoms with Gasteiger partial charge in [0.1, 0.15) is 0 Å². The Morgan fingerprint density at radius 3 is 2.44 bits per heavy atom. The lowest BCUT2D eigenvalue weighted by Crippen LogP contribution is -2.48. The Labute approximate surface area is 97.6 Å². The van der Waals surface area contributed by atoms with Crippen LogP contribution in [0.25, 0.3) is 0 Å². The Kier molecular flexibility index (Phi) is 3.85. The zero-order valence-electron chi connectivity index (χ0n) is 10.0. The molecule has 0 bridgehead atoms. The molecule has 16 heavy (non-hydrogen) atoms. The number of hydrogen-bond acceptors (Lipinski definition) is 2. The second-order valence-electron chi connectivity index (χ2n) is 5.49. The molecule has 3 heteroatoms. The van der Waals surface area contributed by atoms with Crippen LogP contribution in [0.5, 0.6) is 0 Å². The number of amides is 1. The molecule has 0 saturated heterocycles. The van der Waals surface area contributed by atoms with Crippen molar-refractivity contribution in [3.8, 4) is 0 Å². The summed E-state index contributed by atoms with van der Waals surface area (Å²) in [6.07, 6.45) is 9.31. The van der Waals surface area contributed by atoms with E-state index in [1.807, 2.05) is 0 Å². The summed E-state index contributed by atoms with van der Waals surface area (Å²) in [7, 11) is 0. The molecule has 1 amide bonds. The van der Waals surface area contributed by atoms with E-state index in [-0.39, 0.29) is 12.5 Å². The van der Waals surface area contributed by atoms with Crippen molar-refractivity contribution in [2.24, 2.45) is 11.3 Å². The molecule has 2 N–H and O–H groups in total. The minimum Gasteiger partial charge on any atom is -0.395 e. The Balaban J connectivity index is 1.67. The molecule has 0 atom stereocenters. The fourth-order valence-electron chi connectivity index (χ4n) is 2.94. The van der Waals surface area contributed by atoms with Gasteiger partial charge in [-0.05, 0) is 25.2 Å². The molecular weight excluding hydrogens is 202 g/mol. The van der Waals surface area contributed by atoms with Crippen LogP contribution in [0.4, 0.5) is 0 Å². The summed E-state index contributed by atoms with van der Waals surface area (Å²) < 4.78 is 0. The number of hydrogen-bond donors (Lipinski definition) is 2. The second kappa shape index (κ2) is 5.17. The van der Waals surface area contributed by atoms with Crippen molar-refractivity contribution in [3.05, 3.63) is 0 Å². The molecular formula is C13H23NO2. The van der Waals surface area contributed by atoms with Gasteiger partial charge in [0.05, 0.1) is 12.0 Å². The first-order chi connectivity index (χ1) is 7.77. The van der Waals surface area contributed by atoms with Crippen LogP contribution in [0, 0.1) is 11.3 Å². The summed E-state index contributed by atoms with van der Waals surface area (Å²) >= 11 is 0. The Bertz CT molecular complexity index is 237. The minimum absolute atomic E-state index is 0.0161. The van der Waals surface area contributed by atoms with Crippen LogP contribution in [-0.2, 0) is 4.79 Å². The average Bonchev–Trinajstić information content (AvgIpc) is 2.70. The summed E-state index contributed by atoms with van der Waals surface area (Å²) in [5.41, 5.74) is -0.421. The smallest absolute Gasteiger partial charge is 0.228 e. The predicted octanol–water partition coefficient (Wildman–Crippen LogP) is 1.85. The number of carbonyl (C=O) groups excluding carboxylic acids is 1. The maximum Gasteiger partial charge on any atom is 0.228 e. The molecule has 0 radical (unpaired) electrons. The number of carbonyl (C=O) groups is 1. The predicted molar refractivity (Wildman–Crippen MR) is 63.0 cm³/mol. The number of nitrogens with one attached hydrogen (secondary N) is 1. The van der Waals surface area contributed by atoms with Gasteiger partial charge in [0.25, 0.3) is 0 Å². The maximum absolute atomic E-state index is 11.9. The first-order valence-corrected chi connectivity index (χ1v) is 6.66. The van der Waals surface area contributed by atoms with Crippen LogP contribution < -0.4 is 5.32 Å². The van der Waals surface area contributed by atoms with E-state index >= 15 is 0 Å². The fraction of sp³-hybridized carbons (Fsp3) is 0.923. The van der Waals surface area contributed by atoms with Gasteiger partial charge in [-0.3, -0.25) is 4.79 Å². The van der Waals surface area contributed by atoms with Crippen molar-refractivity contribution < 1.29 is 9.90 Å². The number of aliphatic hydroxyl groups is 1. The van der Waals surface area contributed by atoms with Crippen molar-refractivity contribution in [2.75, 3.05) is 13.2 Å². The van der Waals surface area contributed by atoms with Gasteiger partial charge < -0.3 is 10.4 Å². The van der Waals surface area contributed by atoms with E-state index in [4.69, 9.17) is 0 Å². The third-order valence-electron chi connectivity index (χ3n) is 4.41. The minimum atomic E-state index is -0.421. The molecule has 2 rings (SSSR count). The molecule has 3 nitrogen and oxygen atoms in total. The van der Waals surface area contributed by atoms with Gasteiger partial charge in [0.2, 0.25) is 5.91 Å².